The van der Waals surface area contributed by atoms with Crippen LogP contribution in [0.2, 0.25) is 0 Å². The molecule has 31 heavy (non-hydrogen) atoms. The van der Waals surface area contributed by atoms with Gasteiger partial charge in [0.05, 0.1) is 30.6 Å². The number of nitrogens with one attached hydrogen (secondary N) is 2. The molecule has 0 bridgehead atoms. The molecule has 166 valence electrons. The summed E-state index contributed by atoms with van der Waals surface area (Å²) in [4.78, 5) is 9.53. The molecule has 2 heterocycles. The molecule has 2 aromatic heterocycles. The Kier molecular flexibility index (Phi) is 8.12. The maximum Gasteiger partial charge on any atom is 0.191 e. The van der Waals surface area contributed by atoms with Crippen LogP contribution in [0.25, 0.3) is 0 Å². The van der Waals surface area contributed by atoms with Gasteiger partial charge in [0.2, 0.25) is 0 Å². The molecule has 3 aromatic rings. The second-order valence-corrected chi connectivity index (χ2v) is 9.20. The molecule has 0 amide bonds. The Hall–Kier alpha value is -2.80. The van der Waals surface area contributed by atoms with Crippen molar-refractivity contribution >= 4 is 17.3 Å². The number of rotatable bonds is 9. The third-order valence-electron chi connectivity index (χ3n) is 4.69. The average molecular weight is 441 g/mol. The number of methoxy groups -OCH3 is 1. The van der Waals surface area contributed by atoms with Gasteiger partial charge < -0.3 is 19.8 Å². The first-order valence-corrected chi connectivity index (χ1v) is 11.4. The zero-order valence-corrected chi connectivity index (χ0v) is 19.6. The molecule has 6 nitrogen and oxygen atoms in total. The van der Waals surface area contributed by atoms with Crippen molar-refractivity contribution < 1.29 is 9.15 Å². The van der Waals surface area contributed by atoms with Gasteiger partial charge in [-0.25, -0.2) is 9.98 Å². The summed E-state index contributed by atoms with van der Waals surface area (Å²) in [7, 11) is 1.67. The van der Waals surface area contributed by atoms with E-state index in [-0.39, 0.29) is 5.41 Å². The molecule has 3 rings (SSSR count). The van der Waals surface area contributed by atoms with E-state index in [0.29, 0.717) is 6.54 Å². The van der Waals surface area contributed by atoms with Crippen LogP contribution in [0.5, 0.6) is 5.75 Å². The van der Waals surface area contributed by atoms with Crippen molar-refractivity contribution in [3.8, 4) is 5.75 Å². The van der Waals surface area contributed by atoms with Crippen molar-refractivity contribution in [2.45, 2.75) is 45.6 Å². The van der Waals surface area contributed by atoms with Crippen molar-refractivity contribution in [2.75, 3.05) is 20.2 Å². The van der Waals surface area contributed by atoms with E-state index in [0.717, 1.165) is 54.7 Å². The highest BCUT2D eigenvalue weighted by atomic mass is 32.1. The smallest absolute Gasteiger partial charge is 0.191 e. The fourth-order valence-electron chi connectivity index (χ4n) is 2.91. The lowest BCUT2D eigenvalue weighted by Gasteiger charge is -2.14. The second kappa shape index (κ2) is 11.0. The number of thiazole rings is 1. The fraction of sp³-hybridized carbons (Fsp3) is 0.417. The van der Waals surface area contributed by atoms with Crippen molar-refractivity contribution in [3.05, 3.63) is 70.1 Å². The van der Waals surface area contributed by atoms with Gasteiger partial charge in [-0.3, -0.25) is 0 Å². The minimum absolute atomic E-state index is 0.0920. The molecule has 0 saturated heterocycles. The minimum Gasteiger partial charge on any atom is -0.497 e. The second-order valence-electron chi connectivity index (χ2n) is 8.34. The Morgan fingerprint density at radius 3 is 2.45 bits per heavy atom. The van der Waals surface area contributed by atoms with E-state index in [2.05, 4.69) is 36.8 Å². The van der Waals surface area contributed by atoms with E-state index in [1.54, 1.807) is 24.7 Å². The number of aromatic nitrogens is 1. The van der Waals surface area contributed by atoms with Crippen LogP contribution in [0.15, 0.2) is 57.5 Å². The molecule has 1 aromatic carbocycles. The van der Waals surface area contributed by atoms with E-state index < -0.39 is 0 Å². The third-order valence-corrected chi connectivity index (χ3v) is 6.01. The molecule has 0 saturated carbocycles. The number of aliphatic imine (C=N–C) groups is 1. The standard InChI is InChI=1S/C24H32N4O2S/c1-24(2,3)22-28-19(17-31-22)11-13-25-23(26-14-12-21-6-5-15-30-21)27-16-18-7-9-20(29-4)10-8-18/h5-10,15,17H,11-14,16H2,1-4H3,(H2,25,26,27). The van der Waals surface area contributed by atoms with Gasteiger partial charge in [-0.05, 0) is 29.8 Å². The van der Waals surface area contributed by atoms with Crippen molar-refractivity contribution in [1.29, 1.82) is 0 Å². The maximum absolute atomic E-state index is 5.42. The lowest BCUT2D eigenvalue weighted by atomic mass is 9.98. The number of ether oxygens (including phenoxy) is 1. The summed E-state index contributed by atoms with van der Waals surface area (Å²) >= 11 is 1.73. The first kappa shape index (κ1) is 22.9. The van der Waals surface area contributed by atoms with Gasteiger partial charge in [0.15, 0.2) is 5.96 Å². The van der Waals surface area contributed by atoms with Gasteiger partial charge in [-0.15, -0.1) is 11.3 Å². The Morgan fingerprint density at radius 2 is 1.84 bits per heavy atom. The average Bonchev–Trinajstić information content (AvgIpc) is 3.44. The predicted octanol–water partition coefficient (Wildman–Crippen LogP) is 4.56. The van der Waals surface area contributed by atoms with Gasteiger partial charge in [0.1, 0.15) is 11.5 Å². The number of hydrogen-bond acceptors (Lipinski definition) is 5. The van der Waals surface area contributed by atoms with Gasteiger partial charge in [0.25, 0.3) is 0 Å². The third kappa shape index (κ3) is 7.43. The summed E-state index contributed by atoms with van der Waals surface area (Å²) in [5, 5.41) is 10.2. The van der Waals surface area contributed by atoms with Crippen LogP contribution in [0.4, 0.5) is 0 Å². The predicted molar refractivity (Wildman–Crippen MR) is 127 cm³/mol. The number of hydrogen-bond donors (Lipinski definition) is 2. The Labute approximate surface area is 188 Å². The topological polar surface area (TPSA) is 71.7 Å². The van der Waals surface area contributed by atoms with E-state index in [1.165, 1.54) is 5.01 Å². The SMILES string of the molecule is COc1ccc(CN=C(NCCc2csc(C(C)(C)C)n2)NCCc2ccco2)cc1. The van der Waals surface area contributed by atoms with Crippen LogP contribution in [0.3, 0.4) is 0 Å². The molecule has 0 spiro atoms. The highest BCUT2D eigenvalue weighted by Crippen LogP contribution is 2.25. The maximum atomic E-state index is 5.42. The summed E-state index contributed by atoms with van der Waals surface area (Å²) in [6.45, 7) is 8.68. The molecule has 2 N–H and O–H groups in total. The van der Waals surface area contributed by atoms with Gasteiger partial charge in [0, 0.05) is 36.7 Å². The molecule has 0 radical (unpaired) electrons. The number of furan rings is 1. The summed E-state index contributed by atoms with van der Waals surface area (Å²) in [6.07, 6.45) is 3.36. The number of nitrogens with zero attached hydrogens (tertiary/aromatic N) is 2. The minimum atomic E-state index is 0.0920. The quantitative estimate of drug-likeness (QED) is 0.377. The van der Waals surface area contributed by atoms with Crippen molar-refractivity contribution in [2.24, 2.45) is 4.99 Å². The van der Waals surface area contributed by atoms with Crippen molar-refractivity contribution in [3.63, 3.8) is 0 Å². The molecule has 0 atom stereocenters. The van der Waals surface area contributed by atoms with E-state index in [1.807, 2.05) is 36.4 Å². The molecule has 0 aliphatic heterocycles. The highest BCUT2D eigenvalue weighted by Gasteiger charge is 2.17. The van der Waals surface area contributed by atoms with Crippen LogP contribution in [-0.4, -0.2) is 31.1 Å². The van der Waals surface area contributed by atoms with Crippen LogP contribution in [0.1, 0.15) is 42.8 Å². The van der Waals surface area contributed by atoms with E-state index in [4.69, 9.17) is 19.1 Å². The van der Waals surface area contributed by atoms with E-state index >= 15 is 0 Å². The van der Waals surface area contributed by atoms with Crippen molar-refractivity contribution in [1.82, 2.24) is 15.6 Å². The Bertz CT molecular complexity index is 941. The summed E-state index contributed by atoms with van der Waals surface area (Å²) in [6, 6.07) is 11.9. The zero-order chi connectivity index (χ0) is 22.1. The largest absolute Gasteiger partial charge is 0.497 e. The molecule has 0 unspecified atom stereocenters. The lowest BCUT2D eigenvalue weighted by Crippen LogP contribution is -2.39. The monoisotopic (exact) mass is 440 g/mol. The summed E-state index contributed by atoms with van der Waals surface area (Å²) < 4.78 is 10.6. The summed E-state index contributed by atoms with van der Waals surface area (Å²) in [5.74, 6) is 2.59. The van der Waals surface area contributed by atoms with Crippen LogP contribution in [-0.2, 0) is 24.8 Å². The fourth-order valence-corrected chi connectivity index (χ4v) is 3.85. The Balaban J connectivity index is 1.56. The molecule has 0 aliphatic carbocycles. The highest BCUT2D eigenvalue weighted by molar-refractivity contribution is 7.09. The van der Waals surface area contributed by atoms with Crippen LogP contribution >= 0.6 is 11.3 Å². The first-order chi connectivity index (χ1) is 14.9. The molecule has 7 heteroatoms. The molecule has 0 aliphatic rings. The van der Waals surface area contributed by atoms with Crippen LogP contribution in [0, 0.1) is 0 Å². The van der Waals surface area contributed by atoms with Crippen LogP contribution < -0.4 is 15.4 Å². The van der Waals surface area contributed by atoms with Gasteiger partial charge in [-0.2, -0.15) is 0 Å². The van der Waals surface area contributed by atoms with Gasteiger partial charge >= 0.3 is 0 Å². The van der Waals surface area contributed by atoms with Gasteiger partial charge in [-0.1, -0.05) is 32.9 Å². The lowest BCUT2D eigenvalue weighted by molar-refractivity contribution is 0.414. The Morgan fingerprint density at radius 1 is 1.10 bits per heavy atom. The first-order valence-electron chi connectivity index (χ1n) is 10.6. The molecular formula is C24H32N4O2S. The molecular weight excluding hydrogens is 408 g/mol. The number of guanidine groups is 1. The molecule has 0 fully saturated rings. The summed E-state index contributed by atoms with van der Waals surface area (Å²) in [5.41, 5.74) is 2.34. The number of benzene rings is 1. The zero-order valence-electron chi connectivity index (χ0n) is 18.8. The van der Waals surface area contributed by atoms with E-state index in [9.17, 15) is 0 Å². The normalized spacial score (nSPS) is 12.1.